The maximum Gasteiger partial charge on any atom is 0.152 e. The third kappa shape index (κ3) is 2.44. The number of anilines is 1. The van der Waals surface area contributed by atoms with Gasteiger partial charge >= 0.3 is 0 Å². The highest BCUT2D eigenvalue weighted by Crippen LogP contribution is 2.28. The molecule has 2 aromatic rings. The average molecular weight is 258 g/mol. The van der Waals surface area contributed by atoms with E-state index >= 15 is 0 Å². The summed E-state index contributed by atoms with van der Waals surface area (Å²) in [6, 6.07) is 2.15. The number of hydrogen-bond donors (Lipinski definition) is 1. The summed E-state index contributed by atoms with van der Waals surface area (Å²) < 4.78 is 1.93. The monoisotopic (exact) mass is 258 g/mol. The number of nitrogens with zero attached hydrogens (tertiary/aromatic N) is 3. The topological polar surface area (TPSA) is 42.2 Å². The summed E-state index contributed by atoms with van der Waals surface area (Å²) in [5.41, 5.74) is 2.25. The van der Waals surface area contributed by atoms with E-state index in [1.165, 1.54) is 19.3 Å². The Kier molecular flexibility index (Phi) is 2.96. The van der Waals surface area contributed by atoms with Crippen LogP contribution in [0.5, 0.6) is 0 Å². The number of fused-ring (bicyclic) bond motifs is 1. The van der Waals surface area contributed by atoms with E-state index in [1.807, 2.05) is 16.9 Å². The number of hydrogen-bond acceptors (Lipinski definition) is 3. The van der Waals surface area contributed by atoms with Crippen LogP contribution in [-0.2, 0) is 5.41 Å². The van der Waals surface area contributed by atoms with Gasteiger partial charge in [0.15, 0.2) is 5.82 Å². The Morgan fingerprint density at radius 1 is 1.37 bits per heavy atom. The van der Waals surface area contributed by atoms with Gasteiger partial charge in [0.2, 0.25) is 0 Å². The first kappa shape index (κ1) is 12.5. The SMILES string of the molecule is CC(C)(C)c1cc2c(NCC3CCC3)nccn2n1. The van der Waals surface area contributed by atoms with Crippen LogP contribution < -0.4 is 5.32 Å². The van der Waals surface area contributed by atoms with E-state index in [-0.39, 0.29) is 5.41 Å². The fourth-order valence-electron chi connectivity index (χ4n) is 2.36. The van der Waals surface area contributed by atoms with Gasteiger partial charge in [-0.3, -0.25) is 0 Å². The van der Waals surface area contributed by atoms with Crippen LogP contribution in [0, 0.1) is 5.92 Å². The minimum Gasteiger partial charge on any atom is -0.368 e. The van der Waals surface area contributed by atoms with E-state index in [0.29, 0.717) is 0 Å². The summed E-state index contributed by atoms with van der Waals surface area (Å²) in [5.74, 6) is 1.78. The quantitative estimate of drug-likeness (QED) is 0.919. The molecular formula is C15H22N4. The van der Waals surface area contributed by atoms with Crippen LogP contribution in [0.15, 0.2) is 18.5 Å². The molecule has 1 N–H and O–H groups in total. The molecule has 1 aliphatic carbocycles. The molecule has 2 heterocycles. The van der Waals surface area contributed by atoms with Gasteiger partial charge in [-0.25, -0.2) is 9.50 Å². The summed E-state index contributed by atoms with van der Waals surface area (Å²) in [7, 11) is 0. The zero-order valence-corrected chi connectivity index (χ0v) is 12.0. The van der Waals surface area contributed by atoms with Crippen LogP contribution >= 0.6 is 0 Å². The van der Waals surface area contributed by atoms with Gasteiger partial charge in [0.1, 0.15) is 5.52 Å². The zero-order valence-electron chi connectivity index (χ0n) is 12.0. The maximum absolute atomic E-state index is 4.64. The summed E-state index contributed by atoms with van der Waals surface area (Å²) in [5, 5.41) is 8.12. The second-order valence-electron chi connectivity index (χ2n) is 6.56. The minimum atomic E-state index is 0.0667. The lowest BCUT2D eigenvalue weighted by Crippen LogP contribution is -2.21. The second kappa shape index (κ2) is 4.51. The molecule has 0 bridgehead atoms. The predicted octanol–water partition coefficient (Wildman–Crippen LogP) is 3.24. The third-order valence-electron chi connectivity index (χ3n) is 3.94. The molecule has 1 fully saturated rings. The molecule has 19 heavy (non-hydrogen) atoms. The Hall–Kier alpha value is -1.58. The summed E-state index contributed by atoms with van der Waals surface area (Å²) in [6.45, 7) is 7.58. The lowest BCUT2D eigenvalue weighted by atomic mass is 9.85. The standard InChI is InChI=1S/C15H22N4/c1-15(2,3)13-9-12-14(16-7-8-19(12)18-13)17-10-11-5-4-6-11/h7-9,11H,4-6,10H2,1-3H3,(H,16,17). The Morgan fingerprint density at radius 3 is 2.79 bits per heavy atom. The van der Waals surface area contributed by atoms with Crippen LogP contribution in [0.4, 0.5) is 5.82 Å². The van der Waals surface area contributed by atoms with Crippen molar-refractivity contribution in [3.63, 3.8) is 0 Å². The molecule has 0 unspecified atom stereocenters. The molecule has 0 amide bonds. The van der Waals surface area contributed by atoms with Gasteiger partial charge in [0.25, 0.3) is 0 Å². The molecule has 0 radical (unpaired) electrons. The van der Waals surface area contributed by atoms with Gasteiger partial charge in [-0.1, -0.05) is 27.2 Å². The molecule has 0 saturated heterocycles. The Morgan fingerprint density at radius 2 is 2.16 bits per heavy atom. The summed E-state index contributed by atoms with van der Waals surface area (Å²) in [6.07, 6.45) is 7.81. The van der Waals surface area contributed by atoms with Crippen molar-refractivity contribution in [2.75, 3.05) is 11.9 Å². The van der Waals surface area contributed by atoms with E-state index in [0.717, 1.165) is 29.5 Å². The van der Waals surface area contributed by atoms with Crippen molar-refractivity contribution < 1.29 is 0 Å². The smallest absolute Gasteiger partial charge is 0.152 e. The average Bonchev–Trinajstić information content (AvgIpc) is 2.71. The second-order valence-corrected chi connectivity index (χ2v) is 6.56. The fourth-order valence-corrected chi connectivity index (χ4v) is 2.36. The maximum atomic E-state index is 4.64. The van der Waals surface area contributed by atoms with Gasteiger partial charge in [0, 0.05) is 24.4 Å². The molecular weight excluding hydrogens is 236 g/mol. The lowest BCUT2D eigenvalue weighted by Gasteiger charge is -2.25. The summed E-state index contributed by atoms with van der Waals surface area (Å²) >= 11 is 0. The molecule has 0 atom stereocenters. The lowest BCUT2D eigenvalue weighted by molar-refractivity contribution is 0.333. The van der Waals surface area contributed by atoms with E-state index in [2.05, 4.69) is 42.2 Å². The fraction of sp³-hybridized carbons (Fsp3) is 0.600. The van der Waals surface area contributed by atoms with Crippen LogP contribution in [0.2, 0.25) is 0 Å². The van der Waals surface area contributed by atoms with E-state index in [4.69, 9.17) is 0 Å². The molecule has 1 aliphatic rings. The van der Waals surface area contributed by atoms with Crippen LogP contribution in [0.25, 0.3) is 5.52 Å². The van der Waals surface area contributed by atoms with Crippen molar-refractivity contribution in [1.82, 2.24) is 14.6 Å². The third-order valence-corrected chi connectivity index (χ3v) is 3.94. The van der Waals surface area contributed by atoms with Crippen molar-refractivity contribution in [2.24, 2.45) is 5.92 Å². The van der Waals surface area contributed by atoms with Gasteiger partial charge in [-0.05, 0) is 24.8 Å². The zero-order chi connectivity index (χ0) is 13.5. The van der Waals surface area contributed by atoms with E-state index in [9.17, 15) is 0 Å². The van der Waals surface area contributed by atoms with Crippen LogP contribution in [-0.4, -0.2) is 21.1 Å². The molecule has 2 aromatic heterocycles. The molecule has 0 aromatic carbocycles. The summed E-state index contributed by atoms with van der Waals surface area (Å²) in [4.78, 5) is 4.46. The van der Waals surface area contributed by atoms with Crippen molar-refractivity contribution in [3.8, 4) is 0 Å². The Labute approximate surface area is 114 Å². The van der Waals surface area contributed by atoms with Crippen molar-refractivity contribution >= 4 is 11.3 Å². The minimum absolute atomic E-state index is 0.0667. The molecule has 3 rings (SSSR count). The number of aromatic nitrogens is 3. The van der Waals surface area contributed by atoms with Crippen molar-refractivity contribution in [3.05, 3.63) is 24.2 Å². The molecule has 4 nitrogen and oxygen atoms in total. The molecule has 0 aliphatic heterocycles. The molecule has 4 heteroatoms. The highest BCUT2D eigenvalue weighted by molar-refractivity contribution is 5.68. The predicted molar refractivity (Wildman–Crippen MR) is 77.5 cm³/mol. The number of rotatable bonds is 3. The van der Waals surface area contributed by atoms with Gasteiger partial charge in [-0.2, -0.15) is 5.10 Å². The molecule has 1 saturated carbocycles. The van der Waals surface area contributed by atoms with Gasteiger partial charge < -0.3 is 5.32 Å². The Bertz CT molecular complexity index is 575. The first-order valence-corrected chi connectivity index (χ1v) is 7.13. The van der Waals surface area contributed by atoms with E-state index < -0.39 is 0 Å². The normalized spacial score (nSPS) is 16.6. The van der Waals surface area contributed by atoms with Crippen molar-refractivity contribution in [1.29, 1.82) is 0 Å². The van der Waals surface area contributed by atoms with Crippen LogP contribution in [0.1, 0.15) is 45.7 Å². The van der Waals surface area contributed by atoms with Crippen LogP contribution in [0.3, 0.4) is 0 Å². The van der Waals surface area contributed by atoms with Gasteiger partial charge in [-0.15, -0.1) is 0 Å². The van der Waals surface area contributed by atoms with E-state index in [1.54, 1.807) is 0 Å². The molecule has 102 valence electrons. The van der Waals surface area contributed by atoms with Crippen molar-refractivity contribution in [2.45, 2.75) is 45.4 Å². The highest BCUT2D eigenvalue weighted by Gasteiger charge is 2.20. The number of nitrogens with one attached hydrogen (secondary N) is 1. The highest BCUT2D eigenvalue weighted by atomic mass is 15.2. The largest absolute Gasteiger partial charge is 0.368 e. The molecule has 0 spiro atoms. The first-order chi connectivity index (χ1) is 9.04. The Balaban J connectivity index is 1.88. The first-order valence-electron chi connectivity index (χ1n) is 7.13. The van der Waals surface area contributed by atoms with Gasteiger partial charge in [0.05, 0.1) is 5.69 Å².